The molecule has 5 nitrogen and oxygen atoms in total. The first kappa shape index (κ1) is 14.5. The fraction of sp³-hybridized carbons (Fsp3) is 0.625. The lowest BCUT2D eigenvalue weighted by atomic mass is 9.72. The molecule has 0 aliphatic carbocycles. The van der Waals surface area contributed by atoms with Crippen LogP contribution in [-0.4, -0.2) is 43.7 Å². The monoisotopic (exact) mass is 289 g/mol. The summed E-state index contributed by atoms with van der Waals surface area (Å²) in [4.78, 5) is 16.8. The topological polar surface area (TPSA) is 63.2 Å². The van der Waals surface area contributed by atoms with Gasteiger partial charge in [-0.1, -0.05) is 6.07 Å². The fourth-order valence-electron chi connectivity index (χ4n) is 3.46. The maximum Gasteiger partial charge on any atom is 0.225 e. The highest BCUT2D eigenvalue weighted by atomic mass is 16.5. The van der Waals surface area contributed by atoms with Gasteiger partial charge in [-0.3, -0.25) is 9.78 Å². The Labute approximate surface area is 125 Å². The van der Waals surface area contributed by atoms with E-state index >= 15 is 0 Å². The van der Waals surface area contributed by atoms with Crippen molar-refractivity contribution in [3.8, 4) is 0 Å². The fourth-order valence-corrected chi connectivity index (χ4v) is 3.46. The van der Waals surface area contributed by atoms with E-state index in [1.807, 2.05) is 18.2 Å². The first-order valence-corrected chi connectivity index (χ1v) is 7.76. The maximum atomic E-state index is 12.5. The summed E-state index contributed by atoms with van der Waals surface area (Å²) in [6.45, 7) is 3.93. The van der Waals surface area contributed by atoms with E-state index in [0.29, 0.717) is 6.54 Å². The van der Waals surface area contributed by atoms with Crippen molar-refractivity contribution in [1.29, 1.82) is 0 Å². The zero-order chi connectivity index (χ0) is 14.5. The molecule has 1 aromatic rings. The molecule has 2 aliphatic heterocycles. The summed E-state index contributed by atoms with van der Waals surface area (Å²) in [5.41, 5.74) is 1.12. The van der Waals surface area contributed by atoms with Crippen LogP contribution >= 0.6 is 0 Å². The lowest BCUT2D eigenvalue weighted by Gasteiger charge is -2.37. The summed E-state index contributed by atoms with van der Waals surface area (Å²) in [5.74, 6) is 0.253. The molecular weight excluding hydrogens is 266 g/mol. The van der Waals surface area contributed by atoms with Crippen molar-refractivity contribution in [2.45, 2.75) is 19.3 Å². The van der Waals surface area contributed by atoms with E-state index in [1.54, 1.807) is 6.20 Å². The normalized spacial score (nSPS) is 24.1. The van der Waals surface area contributed by atoms with Gasteiger partial charge in [0.25, 0.3) is 0 Å². The Morgan fingerprint density at radius 1 is 1.43 bits per heavy atom. The Kier molecular flexibility index (Phi) is 4.51. The van der Waals surface area contributed by atoms with Crippen LogP contribution in [0.4, 0.5) is 0 Å². The minimum Gasteiger partial charge on any atom is -0.381 e. The van der Waals surface area contributed by atoms with Crippen LogP contribution in [0.25, 0.3) is 0 Å². The van der Waals surface area contributed by atoms with Gasteiger partial charge in [-0.2, -0.15) is 0 Å². The Morgan fingerprint density at radius 3 is 3.05 bits per heavy atom. The Balaban J connectivity index is 1.52. The quantitative estimate of drug-likeness (QED) is 0.859. The number of carbonyl (C=O) groups is 1. The van der Waals surface area contributed by atoms with Gasteiger partial charge in [0.05, 0.1) is 5.92 Å². The van der Waals surface area contributed by atoms with E-state index < -0.39 is 0 Å². The minimum absolute atomic E-state index is 0.0742. The second-order valence-corrected chi connectivity index (χ2v) is 6.02. The molecule has 5 heteroatoms. The number of nitrogens with one attached hydrogen (secondary N) is 2. The van der Waals surface area contributed by atoms with Gasteiger partial charge in [-0.15, -0.1) is 0 Å². The molecule has 1 atom stereocenters. The third-order valence-corrected chi connectivity index (χ3v) is 4.78. The molecule has 0 bridgehead atoms. The number of ether oxygens (including phenoxy) is 1. The van der Waals surface area contributed by atoms with Gasteiger partial charge in [-0.05, 0) is 30.4 Å². The Morgan fingerprint density at radius 2 is 2.29 bits per heavy atom. The lowest BCUT2D eigenvalue weighted by molar-refractivity contribution is -0.129. The third kappa shape index (κ3) is 3.24. The Hall–Kier alpha value is -1.46. The van der Waals surface area contributed by atoms with Gasteiger partial charge < -0.3 is 15.4 Å². The molecule has 3 rings (SSSR count). The average molecular weight is 289 g/mol. The van der Waals surface area contributed by atoms with Crippen LogP contribution in [0.5, 0.6) is 0 Å². The maximum absolute atomic E-state index is 12.5. The number of pyridine rings is 1. The van der Waals surface area contributed by atoms with Crippen molar-refractivity contribution < 1.29 is 9.53 Å². The highest BCUT2D eigenvalue weighted by molar-refractivity contribution is 5.80. The predicted molar refractivity (Wildman–Crippen MR) is 79.8 cm³/mol. The summed E-state index contributed by atoms with van der Waals surface area (Å²) < 4.78 is 5.46. The number of nitrogens with zero attached hydrogens (tertiary/aromatic N) is 1. The first-order chi connectivity index (χ1) is 10.3. The molecule has 114 valence electrons. The standard InChI is InChI=1S/C16H23N3O2/c20-15(19-8-4-13-3-1-2-7-18-13)14-11-17-12-16(14)5-9-21-10-6-16/h1-3,7,14,17H,4-6,8-12H2,(H,19,20). The summed E-state index contributed by atoms with van der Waals surface area (Å²) in [6, 6.07) is 5.87. The van der Waals surface area contributed by atoms with E-state index in [0.717, 1.165) is 51.3 Å². The molecule has 1 amide bonds. The summed E-state index contributed by atoms with van der Waals surface area (Å²) in [5, 5.41) is 6.48. The molecule has 3 heterocycles. The second kappa shape index (κ2) is 6.54. The van der Waals surface area contributed by atoms with Gasteiger partial charge in [0.2, 0.25) is 5.91 Å². The van der Waals surface area contributed by atoms with Crippen molar-refractivity contribution in [3.63, 3.8) is 0 Å². The van der Waals surface area contributed by atoms with Crippen molar-refractivity contribution in [3.05, 3.63) is 30.1 Å². The zero-order valence-electron chi connectivity index (χ0n) is 12.3. The largest absolute Gasteiger partial charge is 0.381 e. The minimum atomic E-state index is 0.0742. The summed E-state index contributed by atoms with van der Waals surface area (Å²) in [7, 11) is 0. The average Bonchev–Trinajstić information content (AvgIpc) is 2.92. The van der Waals surface area contributed by atoms with Gasteiger partial charge in [0.15, 0.2) is 0 Å². The van der Waals surface area contributed by atoms with Crippen molar-refractivity contribution in [2.75, 3.05) is 32.8 Å². The van der Waals surface area contributed by atoms with E-state index in [4.69, 9.17) is 4.74 Å². The van der Waals surface area contributed by atoms with E-state index in [9.17, 15) is 4.79 Å². The number of hydrogen-bond donors (Lipinski definition) is 2. The Bertz CT molecular complexity index is 472. The highest BCUT2D eigenvalue weighted by Gasteiger charge is 2.47. The van der Waals surface area contributed by atoms with Crippen molar-refractivity contribution in [2.24, 2.45) is 11.3 Å². The molecular formula is C16H23N3O2. The molecule has 0 aromatic carbocycles. The van der Waals surface area contributed by atoms with Crippen LogP contribution in [-0.2, 0) is 16.0 Å². The molecule has 1 spiro atoms. The number of aromatic nitrogens is 1. The molecule has 2 N–H and O–H groups in total. The van der Waals surface area contributed by atoms with Crippen LogP contribution < -0.4 is 10.6 Å². The second-order valence-electron chi connectivity index (χ2n) is 6.02. The van der Waals surface area contributed by atoms with E-state index in [1.165, 1.54) is 0 Å². The lowest BCUT2D eigenvalue weighted by Crippen LogP contribution is -2.44. The molecule has 21 heavy (non-hydrogen) atoms. The zero-order valence-corrected chi connectivity index (χ0v) is 12.3. The third-order valence-electron chi connectivity index (χ3n) is 4.78. The number of rotatable bonds is 4. The van der Waals surface area contributed by atoms with Crippen molar-refractivity contribution >= 4 is 5.91 Å². The van der Waals surface area contributed by atoms with Crippen LogP contribution in [0.2, 0.25) is 0 Å². The van der Waals surface area contributed by atoms with Gasteiger partial charge in [0, 0.05) is 51.2 Å². The molecule has 2 saturated heterocycles. The van der Waals surface area contributed by atoms with Crippen molar-refractivity contribution in [1.82, 2.24) is 15.6 Å². The van der Waals surface area contributed by atoms with E-state index in [-0.39, 0.29) is 17.2 Å². The molecule has 0 saturated carbocycles. The number of carbonyl (C=O) groups excluding carboxylic acids is 1. The molecule has 2 aliphatic rings. The van der Waals surface area contributed by atoms with E-state index in [2.05, 4.69) is 15.6 Å². The first-order valence-electron chi connectivity index (χ1n) is 7.76. The van der Waals surface area contributed by atoms with Crippen LogP contribution in [0, 0.1) is 11.3 Å². The van der Waals surface area contributed by atoms with Crippen LogP contribution in [0.3, 0.4) is 0 Å². The van der Waals surface area contributed by atoms with Gasteiger partial charge in [0.1, 0.15) is 0 Å². The smallest absolute Gasteiger partial charge is 0.225 e. The summed E-state index contributed by atoms with van der Waals surface area (Å²) in [6.07, 6.45) is 4.54. The van der Waals surface area contributed by atoms with Gasteiger partial charge >= 0.3 is 0 Å². The SMILES string of the molecule is O=C(NCCc1ccccn1)C1CNCC12CCOCC2. The molecule has 1 unspecified atom stereocenters. The summed E-state index contributed by atoms with van der Waals surface area (Å²) >= 11 is 0. The molecule has 0 radical (unpaired) electrons. The van der Waals surface area contributed by atoms with Crippen LogP contribution in [0.1, 0.15) is 18.5 Å². The van der Waals surface area contributed by atoms with Crippen LogP contribution in [0.15, 0.2) is 24.4 Å². The van der Waals surface area contributed by atoms with Gasteiger partial charge in [-0.25, -0.2) is 0 Å². The number of hydrogen-bond acceptors (Lipinski definition) is 4. The number of amides is 1. The molecule has 2 fully saturated rings. The highest BCUT2D eigenvalue weighted by Crippen LogP contribution is 2.40. The molecule has 1 aromatic heterocycles. The predicted octanol–water partition coefficient (Wildman–Crippen LogP) is 0.756.